The predicted molar refractivity (Wildman–Crippen MR) is 120 cm³/mol. The van der Waals surface area contributed by atoms with Crippen LogP contribution in [0.4, 0.5) is 4.39 Å². The van der Waals surface area contributed by atoms with Crippen molar-refractivity contribution in [1.82, 2.24) is 25.3 Å². The summed E-state index contributed by atoms with van der Waals surface area (Å²) >= 11 is 0. The smallest absolute Gasteiger partial charge is 0.273 e. The Morgan fingerprint density at radius 1 is 1.24 bits per heavy atom. The summed E-state index contributed by atoms with van der Waals surface area (Å²) < 4.78 is 15.3. The number of hydrogen-bond donors (Lipinski definition) is 2. The van der Waals surface area contributed by atoms with Gasteiger partial charge in [-0.25, -0.2) is 4.39 Å². The zero-order valence-electron chi connectivity index (χ0n) is 19.1. The van der Waals surface area contributed by atoms with Crippen LogP contribution in [-0.4, -0.2) is 50.5 Å². The molecule has 1 saturated carbocycles. The molecule has 0 radical (unpaired) electrons. The molecule has 0 unspecified atom stereocenters. The topological polar surface area (TPSA) is 96.3 Å². The fraction of sp³-hybridized carbons (Fsp3) is 0.500. The van der Waals surface area contributed by atoms with E-state index in [-0.39, 0.29) is 42.3 Å². The number of nitrogens with one attached hydrogen (secondary N) is 2. The van der Waals surface area contributed by atoms with Crippen LogP contribution >= 0.6 is 0 Å². The monoisotopic (exact) mass is 455 g/mol. The average molecular weight is 456 g/mol. The fourth-order valence-electron chi connectivity index (χ4n) is 4.64. The first-order valence-corrected chi connectivity index (χ1v) is 11.6. The maximum absolute atomic E-state index is 13.8. The van der Waals surface area contributed by atoms with Crippen molar-refractivity contribution in [2.45, 2.75) is 70.6 Å². The highest BCUT2D eigenvalue weighted by Crippen LogP contribution is 2.29. The molecule has 2 aliphatic rings. The van der Waals surface area contributed by atoms with Crippen LogP contribution in [0.5, 0.6) is 0 Å². The summed E-state index contributed by atoms with van der Waals surface area (Å²) in [4.78, 5) is 40.9. The lowest BCUT2D eigenvalue weighted by atomic mass is 9.94. The minimum atomic E-state index is -1.10. The van der Waals surface area contributed by atoms with Gasteiger partial charge < -0.3 is 15.5 Å². The van der Waals surface area contributed by atoms with Crippen molar-refractivity contribution in [2.24, 2.45) is 0 Å². The molecule has 3 amide bonds. The number of rotatable bonds is 7. The van der Waals surface area contributed by atoms with Crippen LogP contribution in [0.3, 0.4) is 0 Å². The summed E-state index contributed by atoms with van der Waals surface area (Å²) in [6.07, 6.45) is 4.77. The van der Waals surface area contributed by atoms with Crippen LogP contribution in [0.1, 0.15) is 72.5 Å². The summed E-state index contributed by atoms with van der Waals surface area (Å²) in [6, 6.07) is 7.77. The van der Waals surface area contributed by atoms with E-state index in [1.165, 1.54) is 16.8 Å². The first kappa shape index (κ1) is 22.9. The van der Waals surface area contributed by atoms with E-state index in [4.69, 9.17) is 0 Å². The van der Waals surface area contributed by atoms with Gasteiger partial charge in [0.05, 0.1) is 6.54 Å². The summed E-state index contributed by atoms with van der Waals surface area (Å²) in [5, 5.41) is 10.1. The highest BCUT2D eigenvalue weighted by atomic mass is 19.1. The van der Waals surface area contributed by atoms with Crippen LogP contribution in [0, 0.1) is 5.82 Å². The van der Waals surface area contributed by atoms with Gasteiger partial charge in [0.1, 0.15) is 17.1 Å². The third-order valence-corrected chi connectivity index (χ3v) is 6.55. The summed E-state index contributed by atoms with van der Waals surface area (Å²) in [5.74, 6) is -1.43. The van der Waals surface area contributed by atoms with Crippen molar-refractivity contribution in [3.63, 3.8) is 0 Å². The highest BCUT2D eigenvalue weighted by Gasteiger charge is 2.48. The Kier molecular flexibility index (Phi) is 6.49. The maximum Gasteiger partial charge on any atom is 0.273 e. The number of hydrogen-bond acceptors (Lipinski definition) is 4. The minimum absolute atomic E-state index is 0.00508. The highest BCUT2D eigenvalue weighted by molar-refractivity contribution is 6.01. The third kappa shape index (κ3) is 4.49. The van der Waals surface area contributed by atoms with Crippen LogP contribution < -0.4 is 10.6 Å². The van der Waals surface area contributed by atoms with E-state index in [0.717, 1.165) is 25.7 Å². The average Bonchev–Trinajstić information content (AvgIpc) is 3.46. The van der Waals surface area contributed by atoms with E-state index < -0.39 is 17.3 Å². The lowest BCUT2D eigenvalue weighted by molar-refractivity contribution is -0.133. The van der Waals surface area contributed by atoms with E-state index in [1.807, 2.05) is 6.92 Å². The Morgan fingerprint density at radius 3 is 2.67 bits per heavy atom. The van der Waals surface area contributed by atoms with Crippen LogP contribution in [0.2, 0.25) is 0 Å². The molecule has 2 N–H and O–H groups in total. The SMILES string of the molecule is CCCN1C(=O)c2cc(C(=O)NCc3ccccc3F)nn2C[C@]1(C)C(=O)NC1CCCC1. The van der Waals surface area contributed by atoms with Crippen LogP contribution in [0.15, 0.2) is 30.3 Å². The van der Waals surface area contributed by atoms with Crippen molar-refractivity contribution >= 4 is 17.7 Å². The van der Waals surface area contributed by atoms with Gasteiger partial charge in [-0.1, -0.05) is 38.0 Å². The van der Waals surface area contributed by atoms with E-state index in [2.05, 4.69) is 15.7 Å². The molecule has 0 saturated heterocycles. The predicted octanol–water partition coefficient (Wildman–Crippen LogP) is 2.64. The van der Waals surface area contributed by atoms with Gasteiger partial charge in [0.25, 0.3) is 11.8 Å². The molecule has 0 spiro atoms. The van der Waals surface area contributed by atoms with Crippen molar-refractivity contribution < 1.29 is 18.8 Å². The number of amides is 3. The zero-order chi connectivity index (χ0) is 23.6. The fourth-order valence-corrected chi connectivity index (χ4v) is 4.64. The summed E-state index contributed by atoms with van der Waals surface area (Å²) in [6.45, 7) is 4.30. The van der Waals surface area contributed by atoms with E-state index in [1.54, 1.807) is 30.0 Å². The second kappa shape index (κ2) is 9.33. The van der Waals surface area contributed by atoms with Crippen molar-refractivity contribution in [2.75, 3.05) is 6.54 Å². The Bertz CT molecular complexity index is 1060. The van der Waals surface area contributed by atoms with Crippen molar-refractivity contribution in [3.05, 3.63) is 53.1 Å². The summed E-state index contributed by atoms with van der Waals surface area (Å²) in [7, 11) is 0. The molecule has 176 valence electrons. The van der Waals surface area contributed by atoms with Crippen molar-refractivity contribution in [1.29, 1.82) is 0 Å². The van der Waals surface area contributed by atoms with Gasteiger partial charge in [-0.05, 0) is 32.3 Å². The first-order chi connectivity index (χ1) is 15.8. The van der Waals surface area contributed by atoms with Crippen LogP contribution in [-0.2, 0) is 17.9 Å². The van der Waals surface area contributed by atoms with Gasteiger partial charge in [-0.15, -0.1) is 0 Å². The minimum Gasteiger partial charge on any atom is -0.351 e. The number of aromatic nitrogens is 2. The molecule has 0 bridgehead atoms. The molecule has 33 heavy (non-hydrogen) atoms. The lowest BCUT2D eigenvalue weighted by Gasteiger charge is -2.43. The van der Waals surface area contributed by atoms with Crippen LogP contribution in [0.25, 0.3) is 0 Å². The molecule has 8 nitrogen and oxygen atoms in total. The molecule has 1 aliphatic heterocycles. The number of benzene rings is 1. The first-order valence-electron chi connectivity index (χ1n) is 11.6. The second-order valence-electron chi connectivity index (χ2n) is 9.03. The molecule has 1 aromatic heterocycles. The van der Waals surface area contributed by atoms with Gasteiger partial charge in [0, 0.05) is 30.8 Å². The standard InChI is InChI=1S/C24H30FN5O3/c1-3-12-29-22(32)20-13-19(21(31)26-14-16-8-4-7-11-18(16)25)28-30(20)15-24(29,2)23(33)27-17-9-5-6-10-17/h4,7-8,11,13,17H,3,5-6,9-10,12,14-15H2,1-2H3,(H,26,31)(H,27,33)/t24-/m1/s1. The normalized spacial score (nSPS) is 20.6. The Balaban J connectivity index is 1.54. The maximum atomic E-state index is 13.8. The molecule has 4 rings (SSSR count). The Hall–Kier alpha value is -3.23. The Morgan fingerprint density at radius 2 is 1.97 bits per heavy atom. The molecular weight excluding hydrogens is 425 g/mol. The van der Waals surface area contributed by atoms with Gasteiger partial charge in [-0.3, -0.25) is 19.1 Å². The number of carbonyl (C=O) groups excluding carboxylic acids is 3. The molecule has 1 fully saturated rings. The van der Waals surface area contributed by atoms with E-state index in [0.29, 0.717) is 18.5 Å². The molecule has 1 aliphatic carbocycles. The van der Waals surface area contributed by atoms with Gasteiger partial charge in [0.15, 0.2) is 5.69 Å². The van der Waals surface area contributed by atoms with E-state index in [9.17, 15) is 18.8 Å². The molecule has 1 aromatic carbocycles. The van der Waals surface area contributed by atoms with Gasteiger partial charge >= 0.3 is 0 Å². The number of halogens is 1. The molecule has 1 atom stereocenters. The van der Waals surface area contributed by atoms with Gasteiger partial charge in [-0.2, -0.15) is 5.10 Å². The molecular formula is C24H30FN5O3. The van der Waals surface area contributed by atoms with E-state index >= 15 is 0 Å². The molecule has 2 aromatic rings. The Labute approximate surface area is 192 Å². The second-order valence-corrected chi connectivity index (χ2v) is 9.03. The van der Waals surface area contributed by atoms with Gasteiger partial charge in [0.2, 0.25) is 5.91 Å². The molecule has 2 heterocycles. The third-order valence-electron chi connectivity index (χ3n) is 6.55. The number of nitrogens with zero attached hydrogens (tertiary/aromatic N) is 3. The summed E-state index contributed by atoms with van der Waals surface area (Å²) in [5.41, 5.74) is -0.413. The molecule has 9 heteroatoms. The quantitative estimate of drug-likeness (QED) is 0.671. The van der Waals surface area contributed by atoms with Crippen molar-refractivity contribution in [3.8, 4) is 0 Å². The largest absolute Gasteiger partial charge is 0.351 e. The zero-order valence-corrected chi connectivity index (χ0v) is 19.1. The number of fused-ring (bicyclic) bond motifs is 1. The lowest BCUT2D eigenvalue weighted by Crippen LogP contribution is -2.65. The number of carbonyl (C=O) groups is 3.